The minimum absolute atomic E-state index is 0.136. The first-order valence-corrected chi connectivity index (χ1v) is 24.3. The van der Waals surface area contributed by atoms with Crippen LogP contribution < -0.4 is 0 Å². The summed E-state index contributed by atoms with van der Waals surface area (Å²) in [5, 5.41) is 0. The summed E-state index contributed by atoms with van der Waals surface area (Å²) in [5.41, 5.74) is 0. The molecule has 0 radical (unpaired) electrons. The first-order chi connectivity index (χ1) is 31.5. The highest BCUT2D eigenvalue weighted by molar-refractivity contribution is 5.71. The molecule has 0 aromatic heterocycles. The lowest BCUT2D eigenvalue weighted by molar-refractivity contribution is -0.167. The zero-order valence-corrected chi connectivity index (χ0v) is 40.0. The molecule has 352 valence electrons. The number of carbonyl (C=O) groups excluding carboxylic acids is 3. The van der Waals surface area contributed by atoms with Gasteiger partial charge < -0.3 is 14.2 Å². The Morgan fingerprint density at radius 1 is 0.328 bits per heavy atom. The predicted octanol–water partition coefficient (Wildman–Crippen LogP) is 16.0. The van der Waals surface area contributed by atoms with Crippen LogP contribution in [0.5, 0.6) is 0 Å². The molecular formula is C58H84O6. The van der Waals surface area contributed by atoms with Gasteiger partial charge in [0, 0.05) is 19.3 Å². The molecule has 1 unspecified atom stereocenters. The zero-order valence-electron chi connectivity index (χ0n) is 40.0. The molecule has 0 heterocycles. The Labute approximate surface area is 390 Å². The fourth-order valence-corrected chi connectivity index (χ4v) is 5.65. The monoisotopic (exact) mass is 877 g/mol. The quantitative estimate of drug-likeness (QED) is 0.0201. The molecule has 1 atom stereocenters. The van der Waals surface area contributed by atoms with E-state index in [9.17, 15) is 14.4 Å². The van der Waals surface area contributed by atoms with Gasteiger partial charge in [-0.2, -0.15) is 0 Å². The third kappa shape index (κ3) is 47.8. The summed E-state index contributed by atoms with van der Waals surface area (Å²) in [6.45, 7) is 6.09. The smallest absolute Gasteiger partial charge is 0.306 e. The maximum absolute atomic E-state index is 12.8. The summed E-state index contributed by atoms with van der Waals surface area (Å²) < 4.78 is 16.7. The number of carbonyl (C=O) groups is 3. The van der Waals surface area contributed by atoms with Gasteiger partial charge in [-0.15, -0.1) is 0 Å². The number of hydrogen-bond donors (Lipinski definition) is 0. The largest absolute Gasteiger partial charge is 0.462 e. The van der Waals surface area contributed by atoms with Crippen molar-refractivity contribution < 1.29 is 28.6 Å². The molecular weight excluding hydrogens is 793 g/mol. The molecule has 0 aliphatic rings. The zero-order chi connectivity index (χ0) is 46.5. The van der Waals surface area contributed by atoms with E-state index < -0.39 is 6.10 Å². The van der Waals surface area contributed by atoms with E-state index in [1.165, 1.54) is 0 Å². The maximum Gasteiger partial charge on any atom is 0.306 e. The average molecular weight is 877 g/mol. The first kappa shape index (κ1) is 58.8. The summed E-state index contributed by atoms with van der Waals surface area (Å²) in [4.78, 5) is 37.9. The molecule has 0 fully saturated rings. The van der Waals surface area contributed by atoms with E-state index >= 15 is 0 Å². The highest BCUT2D eigenvalue weighted by Gasteiger charge is 2.19. The Morgan fingerprint density at radius 2 is 0.641 bits per heavy atom. The van der Waals surface area contributed by atoms with Gasteiger partial charge in [0.05, 0.1) is 0 Å². The molecule has 0 amide bonds. The maximum atomic E-state index is 12.8. The lowest BCUT2D eigenvalue weighted by Crippen LogP contribution is -2.30. The molecule has 0 N–H and O–H groups in total. The van der Waals surface area contributed by atoms with E-state index in [0.717, 1.165) is 96.3 Å². The number of esters is 3. The molecule has 0 spiro atoms. The molecule has 0 aliphatic carbocycles. The Bertz CT molecular complexity index is 1570. The van der Waals surface area contributed by atoms with Gasteiger partial charge in [0.1, 0.15) is 13.2 Å². The van der Waals surface area contributed by atoms with Crippen LogP contribution in [0.2, 0.25) is 0 Å². The van der Waals surface area contributed by atoms with Crippen molar-refractivity contribution in [3.63, 3.8) is 0 Å². The van der Waals surface area contributed by atoms with Crippen LogP contribution in [-0.4, -0.2) is 37.2 Å². The van der Waals surface area contributed by atoms with Crippen molar-refractivity contribution in [2.75, 3.05) is 13.2 Å². The van der Waals surface area contributed by atoms with Gasteiger partial charge in [-0.1, -0.05) is 210 Å². The van der Waals surface area contributed by atoms with Gasteiger partial charge >= 0.3 is 17.9 Å². The van der Waals surface area contributed by atoms with E-state index in [1.807, 2.05) is 97.2 Å². The Kier molecular flexibility index (Phi) is 46.3. The highest BCUT2D eigenvalue weighted by Crippen LogP contribution is 2.11. The van der Waals surface area contributed by atoms with Crippen molar-refractivity contribution in [2.24, 2.45) is 0 Å². The standard InChI is InChI=1S/C58H84O6/c1-4-7-10-13-16-19-22-25-27-29-31-33-36-39-42-45-48-51-57(60)63-54-55(53-62-56(59)50-47-44-41-38-35-32-24-21-18-15-12-9-6-3)64-58(61)52-49-46-43-40-37-34-30-28-26-23-20-17-14-11-8-5-2/h7-13,15-22,24-29,31-37,55H,4-6,14,23,30,38-54H2,1-3H3/b10-7+,11-8+,12-9+,16-13+,18-15+,20-17+,22-19+,24-21+,27-25+,28-26+,31-29+,35-32+,36-33+,37-34+. The van der Waals surface area contributed by atoms with Crippen LogP contribution in [0, 0.1) is 0 Å². The van der Waals surface area contributed by atoms with Crippen LogP contribution >= 0.6 is 0 Å². The summed E-state index contributed by atoms with van der Waals surface area (Å²) in [6.07, 6.45) is 74.7. The number of allylic oxidation sites excluding steroid dienone is 28. The second kappa shape index (κ2) is 50.4. The lowest BCUT2D eigenvalue weighted by atomic mass is 10.1. The predicted molar refractivity (Wildman–Crippen MR) is 274 cm³/mol. The van der Waals surface area contributed by atoms with Crippen LogP contribution in [-0.2, 0) is 28.6 Å². The van der Waals surface area contributed by atoms with E-state index in [2.05, 4.69) is 93.7 Å². The van der Waals surface area contributed by atoms with Crippen molar-refractivity contribution in [2.45, 2.75) is 162 Å². The van der Waals surface area contributed by atoms with Crippen molar-refractivity contribution in [3.05, 3.63) is 170 Å². The third-order valence-corrected chi connectivity index (χ3v) is 9.20. The van der Waals surface area contributed by atoms with E-state index in [4.69, 9.17) is 14.2 Å². The molecule has 0 bridgehead atoms. The van der Waals surface area contributed by atoms with E-state index in [1.54, 1.807) is 0 Å². The van der Waals surface area contributed by atoms with Crippen LogP contribution in [0.4, 0.5) is 0 Å². The molecule has 6 nitrogen and oxygen atoms in total. The fourth-order valence-electron chi connectivity index (χ4n) is 5.65. The van der Waals surface area contributed by atoms with Crippen LogP contribution in [0.25, 0.3) is 0 Å². The van der Waals surface area contributed by atoms with Gasteiger partial charge in [0.15, 0.2) is 6.10 Å². The van der Waals surface area contributed by atoms with Crippen molar-refractivity contribution in [3.8, 4) is 0 Å². The molecule has 0 rings (SSSR count). The molecule has 0 aliphatic heterocycles. The highest BCUT2D eigenvalue weighted by atomic mass is 16.6. The number of unbranched alkanes of at least 4 members (excludes halogenated alkanes) is 9. The minimum atomic E-state index is -0.839. The van der Waals surface area contributed by atoms with Crippen molar-refractivity contribution in [1.29, 1.82) is 0 Å². The van der Waals surface area contributed by atoms with E-state index in [0.29, 0.717) is 19.3 Å². The molecule has 0 aromatic rings. The van der Waals surface area contributed by atoms with Crippen LogP contribution in [0.15, 0.2) is 170 Å². The SMILES string of the molecule is CC/C=C/C=C/C=C/C=C/C=C/C=C/CCCCCC(=O)OCC(COC(=O)CCCCC/C=C/C=C/C=C/C=C/CC)OC(=O)CCCCC/C=C/C/C=C/C/C=C/C/C=C/CC. The lowest BCUT2D eigenvalue weighted by Gasteiger charge is -2.18. The minimum Gasteiger partial charge on any atom is -0.462 e. The molecule has 0 saturated heterocycles. The Hall–Kier alpha value is -5.23. The van der Waals surface area contributed by atoms with Gasteiger partial charge in [0.25, 0.3) is 0 Å². The normalized spacial score (nSPS) is 13.6. The Morgan fingerprint density at radius 3 is 1.03 bits per heavy atom. The molecule has 0 aromatic carbocycles. The first-order valence-electron chi connectivity index (χ1n) is 24.3. The summed E-state index contributed by atoms with van der Waals surface area (Å²) in [5.74, 6) is -1.07. The van der Waals surface area contributed by atoms with E-state index in [-0.39, 0.29) is 50.4 Å². The topological polar surface area (TPSA) is 78.9 Å². The third-order valence-electron chi connectivity index (χ3n) is 9.20. The molecule has 0 saturated carbocycles. The Balaban J connectivity index is 4.65. The average Bonchev–Trinajstić information content (AvgIpc) is 3.29. The second-order valence-corrected chi connectivity index (χ2v) is 15.1. The summed E-state index contributed by atoms with van der Waals surface area (Å²) >= 11 is 0. The van der Waals surface area contributed by atoms with Crippen LogP contribution in [0.1, 0.15) is 156 Å². The molecule has 64 heavy (non-hydrogen) atoms. The fraction of sp³-hybridized carbons (Fsp3) is 0.466. The number of hydrogen-bond acceptors (Lipinski definition) is 6. The number of rotatable bonds is 40. The van der Waals surface area contributed by atoms with Gasteiger partial charge in [0.2, 0.25) is 0 Å². The second-order valence-electron chi connectivity index (χ2n) is 15.1. The molecule has 6 heteroatoms. The van der Waals surface area contributed by atoms with Gasteiger partial charge in [-0.25, -0.2) is 0 Å². The van der Waals surface area contributed by atoms with Gasteiger partial charge in [-0.3, -0.25) is 14.4 Å². The van der Waals surface area contributed by atoms with Crippen molar-refractivity contribution in [1.82, 2.24) is 0 Å². The summed E-state index contributed by atoms with van der Waals surface area (Å²) in [6, 6.07) is 0. The number of ether oxygens (including phenoxy) is 3. The van der Waals surface area contributed by atoms with Crippen molar-refractivity contribution >= 4 is 17.9 Å². The van der Waals surface area contributed by atoms with Crippen LogP contribution in [0.3, 0.4) is 0 Å². The summed E-state index contributed by atoms with van der Waals surface area (Å²) in [7, 11) is 0. The van der Waals surface area contributed by atoms with Gasteiger partial charge in [-0.05, 0) is 96.3 Å².